The Hall–Kier alpha value is -3.76. The molecule has 1 heterocycles. The van der Waals surface area contributed by atoms with Gasteiger partial charge in [0.25, 0.3) is 11.2 Å². The van der Waals surface area contributed by atoms with Gasteiger partial charge in [0.2, 0.25) is 5.91 Å². The number of amides is 1. The Bertz CT molecular complexity index is 1060. The number of H-pyrrole nitrogens is 1. The van der Waals surface area contributed by atoms with Crippen LogP contribution in [-0.2, 0) is 27.4 Å². The van der Waals surface area contributed by atoms with Crippen LogP contribution in [0, 0.1) is 17.0 Å². The number of nitro benzene ring substituents is 1. The van der Waals surface area contributed by atoms with Gasteiger partial charge in [-0.1, -0.05) is 18.2 Å². The number of hydrogen-bond acceptors (Lipinski definition) is 7. The monoisotopic (exact) mass is 404 g/mol. The molecule has 0 unspecified atom stereocenters. The van der Waals surface area contributed by atoms with Crippen LogP contribution in [0.25, 0.3) is 0 Å². The summed E-state index contributed by atoms with van der Waals surface area (Å²) >= 11 is 0. The van der Waals surface area contributed by atoms with Crippen molar-refractivity contribution in [2.24, 2.45) is 0 Å². The molecule has 11 nitrogen and oxygen atoms in total. The molecule has 0 aliphatic rings. The Labute approximate surface area is 164 Å². The minimum atomic E-state index is -1.06. The number of esters is 1. The number of hydrogen-bond donors (Lipinski definition) is 1. The third-order valence-electron chi connectivity index (χ3n) is 4.35. The molecular weight excluding hydrogens is 384 g/mol. The van der Waals surface area contributed by atoms with Crippen LogP contribution in [0.2, 0.25) is 0 Å². The molecule has 0 aliphatic heterocycles. The van der Waals surface area contributed by atoms with E-state index in [-0.39, 0.29) is 23.4 Å². The molecule has 1 aromatic heterocycles. The Kier molecular flexibility index (Phi) is 6.65. The predicted octanol–water partition coefficient (Wildman–Crippen LogP) is 0.344. The van der Waals surface area contributed by atoms with Gasteiger partial charge in [-0.2, -0.15) is 0 Å². The molecule has 2 rings (SSSR count). The first-order valence-electron chi connectivity index (χ1n) is 8.55. The largest absolute Gasteiger partial charge is 0.467 e. The molecule has 0 saturated heterocycles. The van der Waals surface area contributed by atoms with Crippen molar-refractivity contribution in [2.75, 3.05) is 7.11 Å². The fourth-order valence-corrected chi connectivity index (χ4v) is 2.72. The SMILES string of the molecule is COC(=O)[C@H](C)N(Cc1ccccc1[N+](=O)[O-])C(=O)Cn1cc(C)c(=O)[nH]c1=O. The minimum Gasteiger partial charge on any atom is -0.467 e. The number of aromatic amines is 1. The zero-order valence-corrected chi connectivity index (χ0v) is 16.1. The molecule has 0 saturated carbocycles. The second-order valence-corrected chi connectivity index (χ2v) is 6.31. The van der Waals surface area contributed by atoms with Crippen LogP contribution in [0.5, 0.6) is 0 Å². The third-order valence-corrected chi connectivity index (χ3v) is 4.35. The molecule has 0 spiro atoms. The zero-order valence-electron chi connectivity index (χ0n) is 16.1. The van der Waals surface area contributed by atoms with E-state index in [1.54, 1.807) is 6.07 Å². The second-order valence-electron chi connectivity index (χ2n) is 6.31. The number of nitro groups is 1. The summed E-state index contributed by atoms with van der Waals surface area (Å²) in [5.41, 5.74) is -1.13. The maximum atomic E-state index is 12.9. The van der Waals surface area contributed by atoms with E-state index < -0.39 is 40.6 Å². The van der Waals surface area contributed by atoms with Crippen molar-refractivity contribution in [1.29, 1.82) is 0 Å². The van der Waals surface area contributed by atoms with Gasteiger partial charge in [-0.25, -0.2) is 9.59 Å². The average Bonchev–Trinajstić information content (AvgIpc) is 2.69. The Balaban J connectivity index is 2.41. The number of carbonyl (C=O) groups is 2. The lowest BCUT2D eigenvalue weighted by molar-refractivity contribution is -0.385. The molecule has 0 bridgehead atoms. The van der Waals surface area contributed by atoms with Crippen LogP contribution in [-0.4, -0.2) is 44.4 Å². The van der Waals surface area contributed by atoms with Gasteiger partial charge in [-0.05, 0) is 13.8 Å². The van der Waals surface area contributed by atoms with Gasteiger partial charge in [0.15, 0.2) is 0 Å². The molecule has 154 valence electrons. The molecule has 1 atom stereocenters. The molecule has 29 heavy (non-hydrogen) atoms. The fourth-order valence-electron chi connectivity index (χ4n) is 2.72. The van der Waals surface area contributed by atoms with E-state index in [2.05, 4.69) is 9.72 Å². The van der Waals surface area contributed by atoms with Crippen molar-refractivity contribution in [3.63, 3.8) is 0 Å². The lowest BCUT2D eigenvalue weighted by atomic mass is 10.1. The summed E-state index contributed by atoms with van der Waals surface area (Å²) in [7, 11) is 1.16. The summed E-state index contributed by atoms with van der Waals surface area (Å²) in [6, 6.07) is 4.76. The molecule has 1 aromatic carbocycles. The van der Waals surface area contributed by atoms with E-state index in [9.17, 15) is 29.3 Å². The molecule has 1 amide bonds. The number of nitrogens with zero attached hydrogens (tertiary/aromatic N) is 3. The van der Waals surface area contributed by atoms with E-state index >= 15 is 0 Å². The first kappa shape index (κ1) is 21.5. The highest BCUT2D eigenvalue weighted by Gasteiger charge is 2.29. The molecule has 2 aromatic rings. The second kappa shape index (κ2) is 8.95. The van der Waals surface area contributed by atoms with Gasteiger partial charge in [0.1, 0.15) is 12.6 Å². The molecule has 1 N–H and O–H groups in total. The summed E-state index contributed by atoms with van der Waals surface area (Å²) in [6.45, 7) is 2.17. The number of aryl methyl sites for hydroxylation is 1. The van der Waals surface area contributed by atoms with Crippen LogP contribution >= 0.6 is 0 Å². The van der Waals surface area contributed by atoms with Gasteiger partial charge in [-0.15, -0.1) is 0 Å². The number of methoxy groups -OCH3 is 1. The van der Waals surface area contributed by atoms with Gasteiger partial charge in [0, 0.05) is 23.4 Å². The number of ether oxygens (including phenoxy) is 1. The van der Waals surface area contributed by atoms with Crippen LogP contribution < -0.4 is 11.2 Å². The van der Waals surface area contributed by atoms with Gasteiger partial charge >= 0.3 is 11.7 Å². The van der Waals surface area contributed by atoms with Crippen LogP contribution in [0.1, 0.15) is 18.1 Å². The van der Waals surface area contributed by atoms with Crippen molar-refractivity contribution in [3.05, 3.63) is 72.5 Å². The van der Waals surface area contributed by atoms with E-state index in [1.807, 2.05) is 0 Å². The molecule has 11 heteroatoms. The Morgan fingerprint density at radius 3 is 2.59 bits per heavy atom. The minimum absolute atomic E-state index is 0.209. The van der Waals surface area contributed by atoms with Crippen LogP contribution in [0.15, 0.2) is 40.1 Å². The zero-order chi connectivity index (χ0) is 21.7. The van der Waals surface area contributed by atoms with Gasteiger partial charge in [-0.3, -0.25) is 29.3 Å². The van der Waals surface area contributed by atoms with E-state index in [0.29, 0.717) is 0 Å². The molecule has 0 fully saturated rings. The Morgan fingerprint density at radius 2 is 1.97 bits per heavy atom. The van der Waals surface area contributed by atoms with Gasteiger partial charge in [0.05, 0.1) is 18.6 Å². The number of nitrogens with one attached hydrogen (secondary N) is 1. The number of para-hydroxylation sites is 1. The standard InChI is InChI=1S/C18H20N4O7/c1-11-8-20(18(26)19-16(11)24)10-15(23)21(12(2)17(25)29-3)9-13-6-4-5-7-14(13)22(27)28/h4-8,12H,9-10H2,1-3H3,(H,19,24,26)/t12-/m0/s1. The van der Waals surface area contributed by atoms with E-state index in [0.717, 1.165) is 16.6 Å². The third kappa shape index (κ3) is 4.94. The fraction of sp³-hybridized carbons (Fsp3) is 0.333. The van der Waals surface area contributed by atoms with Crippen molar-refractivity contribution < 1.29 is 19.2 Å². The quantitative estimate of drug-likeness (QED) is 0.398. The number of carbonyl (C=O) groups excluding carboxylic acids is 2. The van der Waals surface area contributed by atoms with Crippen molar-refractivity contribution in [1.82, 2.24) is 14.5 Å². The maximum absolute atomic E-state index is 12.9. The summed E-state index contributed by atoms with van der Waals surface area (Å²) in [5.74, 6) is -1.38. The van der Waals surface area contributed by atoms with E-state index in [1.165, 1.54) is 38.2 Å². The topological polar surface area (TPSA) is 145 Å². The van der Waals surface area contributed by atoms with Crippen molar-refractivity contribution in [2.45, 2.75) is 33.0 Å². The molecule has 0 aliphatic carbocycles. The first-order chi connectivity index (χ1) is 13.6. The van der Waals surface area contributed by atoms with Gasteiger partial charge < -0.3 is 9.64 Å². The highest BCUT2D eigenvalue weighted by molar-refractivity contribution is 5.84. The highest BCUT2D eigenvalue weighted by atomic mass is 16.6. The summed E-state index contributed by atoms with van der Waals surface area (Å²) in [6.07, 6.45) is 1.23. The lowest BCUT2D eigenvalue weighted by Gasteiger charge is -2.27. The normalized spacial score (nSPS) is 11.6. The first-order valence-corrected chi connectivity index (χ1v) is 8.55. The summed E-state index contributed by atoms with van der Waals surface area (Å²) in [5, 5.41) is 11.3. The number of rotatable bonds is 7. The predicted molar refractivity (Wildman–Crippen MR) is 101 cm³/mol. The van der Waals surface area contributed by atoms with Crippen molar-refractivity contribution in [3.8, 4) is 0 Å². The molecule has 0 radical (unpaired) electrons. The number of benzene rings is 1. The summed E-state index contributed by atoms with van der Waals surface area (Å²) < 4.78 is 5.68. The van der Waals surface area contributed by atoms with Crippen LogP contribution in [0.3, 0.4) is 0 Å². The highest BCUT2D eigenvalue weighted by Crippen LogP contribution is 2.21. The van der Waals surface area contributed by atoms with Crippen LogP contribution in [0.4, 0.5) is 5.69 Å². The maximum Gasteiger partial charge on any atom is 0.328 e. The lowest BCUT2D eigenvalue weighted by Crippen LogP contribution is -2.46. The molecular formula is C18H20N4O7. The summed E-state index contributed by atoms with van der Waals surface area (Å²) in [4.78, 5) is 62.2. The van der Waals surface area contributed by atoms with Crippen molar-refractivity contribution >= 4 is 17.6 Å². The Morgan fingerprint density at radius 1 is 1.31 bits per heavy atom. The smallest absolute Gasteiger partial charge is 0.328 e. The van der Waals surface area contributed by atoms with E-state index in [4.69, 9.17) is 0 Å². The average molecular weight is 404 g/mol. The number of aromatic nitrogens is 2.